The fraction of sp³-hybridized carbons (Fsp3) is 0.391. The van der Waals surface area contributed by atoms with Crippen molar-refractivity contribution in [3.8, 4) is 17.2 Å². The highest BCUT2D eigenvalue weighted by atomic mass is 16.5. The van der Waals surface area contributed by atoms with Gasteiger partial charge in [-0.25, -0.2) is 0 Å². The third kappa shape index (κ3) is 6.99. The molecule has 1 atom stereocenters. The number of hydrogen-bond donors (Lipinski definition) is 2. The molecular formula is C23H30N2O5. The van der Waals surface area contributed by atoms with E-state index in [0.29, 0.717) is 30.2 Å². The van der Waals surface area contributed by atoms with Crippen LogP contribution in [-0.2, 0) is 16.0 Å². The molecule has 1 unspecified atom stereocenters. The highest BCUT2D eigenvalue weighted by Gasteiger charge is 2.24. The lowest BCUT2D eigenvalue weighted by molar-refractivity contribution is -0.131. The molecule has 0 heterocycles. The monoisotopic (exact) mass is 414 g/mol. The van der Waals surface area contributed by atoms with Gasteiger partial charge in [-0.2, -0.15) is 0 Å². The van der Waals surface area contributed by atoms with Crippen LogP contribution < -0.4 is 24.8 Å². The molecule has 162 valence electrons. The fourth-order valence-corrected chi connectivity index (χ4v) is 2.89. The molecule has 2 aromatic rings. The molecule has 7 heteroatoms. The van der Waals surface area contributed by atoms with Gasteiger partial charge in [-0.15, -0.1) is 0 Å². The molecule has 0 spiro atoms. The van der Waals surface area contributed by atoms with Crippen LogP contribution in [0.2, 0.25) is 0 Å². The van der Waals surface area contributed by atoms with E-state index in [2.05, 4.69) is 10.6 Å². The molecule has 2 rings (SSSR count). The van der Waals surface area contributed by atoms with Crippen molar-refractivity contribution in [3.63, 3.8) is 0 Å². The predicted molar refractivity (Wildman–Crippen MR) is 115 cm³/mol. The molecule has 0 radical (unpaired) electrons. The van der Waals surface area contributed by atoms with Crippen molar-refractivity contribution < 1.29 is 23.8 Å². The number of benzene rings is 2. The molecule has 0 aromatic heterocycles. The van der Waals surface area contributed by atoms with Crippen LogP contribution in [0.3, 0.4) is 0 Å². The Morgan fingerprint density at radius 3 is 2.30 bits per heavy atom. The third-order valence-corrected chi connectivity index (χ3v) is 4.54. The Balaban J connectivity index is 1.84. The maximum absolute atomic E-state index is 12.6. The number of carbonyl (C=O) groups is 2. The van der Waals surface area contributed by atoms with Crippen LogP contribution in [0.4, 0.5) is 0 Å². The summed E-state index contributed by atoms with van der Waals surface area (Å²) in [6.45, 7) is 4.06. The van der Waals surface area contributed by atoms with Gasteiger partial charge < -0.3 is 24.8 Å². The van der Waals surface area contributed by atoms with Crippen LogP contribution in [-0.4, -0.2) is 45.2 Å². The van der Waals surface area contributed by atoms with E-state index in [1.165, 1.54) is 0 Å². The van der Waals surface area contributed by atoms with Crippen molar-refractivity contribution >= 4 is 11.8 Å². The normalized spacial score (nSPS) is 11.5. The van der Waals surface area contributed by atoms with Gasteiger partial charge in [-0.3, -0.25) is 9.59 Å². The predicted octanol–water partition coefficient (Wildman–Crippen LogP) is 2.58. The quantitative estimate of drug-likeness (QED) is 0.590. The summed E-state index contributed by atoms with van der Waals surface area (Å²) in [7, 11) is 3.17. The summed E-state index contributed by atoms with van der Waals surface area (Å²) in [6.07, 6.45) is 0.627. The minimum atomic E-state index is -0.637. The lowest BCUT2D eigenvalue weighted by Crippen LogP contribution is -2.51. The van der Waals surface area contributed by atoms with Gasteiger partial charge in [-0.05, 0) is 42.2 Å². The summed E-state index contributed by atoms with van der Waals surface area (Å²) >= 11 is 0. The maximum atomic E-state index is 12.6. The zero-order valence-electron chi connectivity index (χ0n) is 17.9. The average molecular weight is 415 g/mol. The topological polar surface area (TPSA) is 85.9 Å². The van der Waals surface area contributed by atoms with E-state index in [9.17, 15) is 9.59 Å². The summed E-state index contributed by atoms with van der Waals surface area (Å²) < 4.78 is 16.0. The second-order valence-corrected chi connectivity index (χ2v) is 7.12. The van der Waals surface area contributed by atoms with Crippen molar-refractivity contribution in [2.24, 2.45) is 5.92 Å². The molecule has 2 amide bonds. The molecule has 30 heavy (non-hydrogen) atoms. The van der Waals surface area contributed by atoms with Crippen molar-refractivity contribution in [3.05, 3.63) is 54.1 Å². The van der Waals surface area contributed by atoms with Crippen LogP contribution in [0.25, 0.3) is 0 Å². The first-order valence-electron chi connectivity index (χ1n) is 9.90. The minimum absolute atomic E-state index is 0.0632. The van der Waals surface area contributed by atoms with Crippen molar-refractivity contribution in [1.82, 2.24) is 10.6 Å². The number of nitrogens with one attached hydrogen (secondary N) is 2. The number of amides is 2. The van der Waals surface area contributed by atoms with Crippen molar-refractivity contribution in [2.75, 3.05) is 27.4 Å². The minimum Gasteiger partial charge on any atom is -0.493 e. The molecule has 0 saturated heterocycles. The number of rotatable bonds is 11. The Morgan fingerprint density at radius 1 is 0.967 bits per heavy atom. The number of ether oxygens (including phenoxy) is 3. The standard InChI is InChI=1S/C23H30N2O5/c1-16(2)22(25-21(26)15-30-18-8-6-5-7-9-18)23(27)24-13-12-17-10-11-19(28-3)20(14-17)29-4/h5-11,14,16,22H,12-13,15H2,1-4H3,(H,24,27)(H,25,26). The van der Waals surface area contributed by atoms with E-state index in [-0.39, 0.29) is 24.3 Å². The van der Waals surface area contributed by atoms with Crippen molar-refractivity contribution in [1.29, 1.82) is 0 Å². The summed E-state index contributed by atoms with van der Waals surface area (Å²) in [6, 6.07) is 14.1. The van der Waals surface area contributed by atoms with Gasteiger partial charge in [0.25, 0.3) is 5.91 Å². The average Bonchev–Trinajstić information content (AvgIpc) is 2.76. The van der Waals surface area contributed by atoms with Gasteiger partial charge in [0.15, 0.2) is 18.1 Å². The summed E-state index contributed by atoms with van der Waals surface area (Å²) in [5.41, 5.74) is 1.01. The molecule has 2 aromatic carbocycles. The Morgan fingerprint density at radius 2 is 1.67 bits per heavy atom. The number of carbonyl (C=O) groups excluding carboxylic acids is 2. The molecule has 7 nitrogen and oxygen atoms in total. The molecular weight excluding hydrogens is 384 g/mol. The molecule has 0 aliphatic carbocycles. The first kappa shape index (κ1) is 23.1. The number of methoxy groups -OCH3 is 2. The van der Waals surface area contributed by atoms with Gasteiger partial charge in [0.2, 0.25) is 5.91 Å². The summed E-state index contributed by atoms with van der Waals surface area (Å²) in [4.78, 5) is 24.8. The summed E-state index contributed by atoms with van der Waals surface area (Å²) in [5.74, 6) is 1.28. The van der Waals surface area contributed by atoms with Gasteiger partial charge in [0.05, 0.1) is 14.2 Å². The second kappa shape index (κ2) is 11.7. The molecule has 0 aliphatic rings. The van der Waals surface area contributed by atoms with Crippen LogP contribution in [0.5, 0.6) is 17.2 Å². The van der Waals surface area contributed by atoms with Crippen LogP contribution >= 0.6 is 0 Å². The van der Waals surface area contributed by atoms with E-state index in [4.69, 9.17) is 14.2 Å². The largest absolute Gasteiger partial charge is 0.493 e. The fourth-order valence-electron chi connectivity index (χ4n) is 2.89. The second-order valence-electron chi connectivity index (χ2n) is 7.12. The van der Waals surface area contributed by atoms with Crippen LogP contribution in [0, 0.1) is 5.92 Å². The highest BCUT2D eigenvalue weighted by Crippen LogP contribution is 2.27. The van der Waals surface area contributed by atoms with Crippen LogP contribution in [0.15, 0.2) is 48.5 Å². The summed E-state index contributed by atoms with van der Waals surface area (Å²) in [5, 5.41) is 5.65. The van der Waals surface area contributed by atoms with Crippen LogP contribution in [0.1, 0.15) is 19.4 Å². The number of para-hydroxylation sites is 1. The highest BCUT2D eigenvalue weighted by molar-refractivity contribution is 5.88. The van der Waals surface area contributed by atoms with Gasteiger partial charge >= 0.3 is 0 Å². The van der Waals surface area contributed by atoms with Gasteiger partial charge in [-0.1, -0.05) is 38.1 Å². The van der Waals surface area contributed by atoms with E-state index in [1.54, 1.807) is 26.4 Å². The van der Waals surface area contributed by atoms with Gasteiger partial charge in [0, 0.05) is 6.54 Å². The Kier molecular flexibility index (Phi) is 9.00. The Labute approximate surface area is 177 Å². The Bertz CT molecular complexity index is 824. The Hall–Kier alpha value is -3.22. The van der Waals surface area contributed by atoms with E-state index in [1.807, 2.05) is 50.2 Å². The first-order valence-corrected chi connectivity index (χ1v) is 9.90. The molecule has 0 aliphatic heterocycles. The van der Waals surface area contributed by atoms with Crippen molar-refractivity contribution in [2.45, 2.75) is 26.3 Å². The lowest BCUT2D eigenvalue weighted by atomic mass is 10.0. The smallest absolute Gasteiger partial charge is 0.258 e. The van der Waals surface area contributed by atoms with E-state index < -0.39 is 6.04 Å². The molecule has 0 fully saturated rings. The number of hydrogen-bond acceptors (Lipinski definition) is 5. The zero-order chi connectivity index (χ0) is 21.9. The van der Waals surface area contributed by atoms with E-state index in [0.717, 1.165) is 5.56 Å². The van der Waals surface area contributed by atoms with E-state index >= 15 is 0 Å². The zero-order valence-corrected chi connectivity index (χ0v) is 17.9. The van der Waals surface area contributed by atoms with Gasteiger partial charge in [0.1, 0.15) is 11.8 Å². The SMILES string of the molecule is COc1ccc(CCNC(=O)C(NC(=O)COc2ccccc2)C(C)C)cc1OC. The molecule has 0 saturated carbocycles. The maximum Gasteiger partial charge on any atom is 0.258 e. The molecule has 0 bridgehead atoms. The molecule has 2 N–H and O–H groups in total. The third-order valence-electron chi connectivity index (χ3n) is 4.54. The lowest BCUT2D eigenvalue weighted by Gasteiger charge is -2.22. The first-order chi connectivity index (χ1) is 14.4.